The smallest absolute Gasteiger partial charge is 0.257 e. The van der Waals surface area contributed by atoms with Crippen LogP contribution in [0.5, 0.6) is 0 Å². The molecular formula is C16H16ClN3O2S. The van der Waals surface area contributed by atoms with Gasteiger partial charge in [-0.15, -0.1) is 0 Å². The molecule has 120 valence electrons. The van der Waals surface area contributed by atoms with E-state index in [0.717, 1.165) is 5.56 Å². The van der Waals surface area contributed by atoms with Crippen LogP contribution in [0.3, 0.4) is 0 Å². The Kier molecular flexibility index (Phi) is 4.46. The molecule has 1 atom stereocenters. The van der Waals surface area contributed by atoms with E-state index in [1.165, 1.54) is 11.8 Å². The summed E-state index contributed by atoms with van der Waals surface area (Å²) in [4.78, 5) is 28.9. The molecule has 0 unspecified atom stereocenters. The molecule has 1 aromatic carbocycles. The van der Waals surface area contributed by atoms with E-state index in [9.17, 15) is 9.59 Å². The lowest BCUT2D eigenvalue weighted by molar-refractivity contribution is -0.116. The van der Waals surface area contributed by atoms with E-state index in [0.29, 0.717) is 27.2 Å². The molecule has 1 N–H and O–H groups in total. The van der Waals surface area contributed by atoms with Crippen LogP contribution in [0.25, 0.3) is 0 Å². The highest BCUT2D eigenvalue weighted by Gasteiger charge is 2.27. The van der Waals surface area contributed by atoms with Crippen molar-refractivity contribution in [3.8, 4) is 0 Å². The first-order valence-corrected chi connectivity index (χ1v) is 8.59. The number of thioether (sulfide) groups is 1. The molecule has 1 aliphatic heterocycles. The van der Waals surface area contributed by atoms with Crippen LogP contribution >= 0.6 is 23.4 Å². The number of aryl methyl sites for hydroxylation is 1. The van der Waals surface area contributed by atoms with Crippen LogP contribution in [-0.2, 0) is 4.79 Å². The summed E-state index contributed by atoms with van der Waals surface area (Å²) in [6.45, 7) is 3.59. The Balaban J connectivity index is 1.77. The quantitative estimate of drug-likeness (QED) is 0.864. The topological polar surface area (TPSA) is 64.0 Å². The lowest BCUT2D eigenvalue weighted by Crippen LogP contribution is -2.28. The zero-order valence-electron chi connectivity index (χ0n) is 12.8. The summed E-state index contributed by atoms with van der Waals surface area (Å²) in [5.41, 5.74) is 2.05. The number of halogens is 1. The van der Waals surface area contributed by atoms with E-state index in [1.54, 1.807) is 29.8 Å². The Morgan fingerprint density at radius 2 is 2.26 bits per heavy atom. The van der Waals surface area contributed by atoms with Crippen LogP contribution in [0.4, 0.5) is 5.69 Å². The van der Waals surface area contributed by atoms with Crippen molar-refractivity contribution in [2.45, 2.75) is 31.5 Å². The number of nitrogens with one attached hydrogen (secondary N) is 1. The van der Waals surface area contributed by atoms with Gasteiger partial charge in [0.1, 0.15) is 0 Å². The molecule has 5 nitrogen and oxygen atoms in total. The SMILES string of the molecule is Cc1c(Cl)cccc1NC(=O)C[C@H]1CSc2ncc(C)c(=O)n21. The maximum Gasteiger partial charge on any atom is 0.257 e. The Hall–Kier alpha value is -1.79. The molecule has 0 spiro atoms. The van der Waals surface area contributed by atoms with Gasteiger partial charge in [0.2, 0.25) is 5.91 Å². The second-order valence-electron chi connectivity index (χ2n) is 5.53. The summed E-state index contributed by atoms with van der Waals surface area (Å²) in [5.74, 6) is 0.537. The van der Waals surface area contributed by atoms with E-state index in [4.69, 9.17) is 11.6 Å². The van der Waals surface area contributed by atoms with E-state index in [-0.39, 0.29) is 23.9 Å². The Bertz CT molecular complexity index is 835. The van der Waals surface area contributed by atoms with Gasteiger partial charge in [-0.2, -0.15) is 0 Å². The van der Waals surface area contributed by atoms with Crippen molar-refractivity contribution in [2.24, 2.45) is 0 Å². The number of aromatic nitrogens is 2. The van der Waals surface area contributed by atoms with Gasteiger partial charge in [0.05, 0.1) is 6.04 Å². The molecular weight excluding hydrogens is 334 g/mol. The predicted molar refractivity (Wildman–Crippen MR) is 92.4 cm³/mol. The normalized spacial score (nSPS) is 16.2. The Labute approximate surface area is 143 Å². The second kappa shape index (κ2) is 6.37. The van der Waals surface area contributed by atoms with E-state index < -0.39 is 0 Å². The van der Waals surface area contributed by atoms with Crippen LogP contribution < -0.4 is 10.9 Å². The molecule has 0 saturated heterocycles. The number of nitrogens with zero attached hydrogens (tertiary/aromatic N) is 2. The highest BCUT2D eigenvalue weighted by atomic mass is 35.5. The zero-order valence-corrected chi connectivity index (χ0v) is 14.4. The minimum absolute atomic E-state index is 0.0725. The molecule has 0 aliphatic carbocycles. The number of hydrogen-bond acceptors (Lipinski definition) is 4. The average molecular weight is 350 g/mol. The highest BCUT2D eigenvalue weighted by Crippen LogP contribution is 2.32. The van der Waals surface area contributed by atoms with Crippen molar-refractivity contribution in [1.82, 2.24) is 9.55 Å². The van der Waals surface area contributed by atoms with Gasteiger partial charge in [-0.25, -0.2) is 4.98 Å². The van der Waals surface area contributed by atoms with Crippen molar-refractivity contribution in [3.63, 3.8) is 0 Å². The molecule has 2 heterocycles. The van der Waals surface area contributed by atoms with Crippen LogP contribution in [0.2, 0.25) is 5.02 Å². The third-order valence-corrected chi connectivity index (χ3v) is 5.38. The monoisotopic (exact) mass is 349 g/mol. The molecule has 1 aromatic heterocycles. The average Bonchev–Trinajstić information content (AvgIpc) is 2.91. The summed E-state index contributed by atoms with van der Waals surface area (Å²) < 4.78 is 1.63. The standard InChI is InChI=1S/C16H16ClN3O2S/c1-9-7-18-16-20(15(9)22)11(8-23-16)6-14(21)19-13-5-3-4-12(17)10(13)2/h3-5,7,11H,6,8H2,1-2H3,(H,19,21)/t11-/m0/s1. The molecule has 1 amide bonds. The summed E-state index contributed by atoms with van der Waals surface area (Å²) in [6, 6.07) is 5.22. The molecule has 7 heteroatoms. The fourth-order valence-electron chi connectivity index (χ4n) is 2.53. The van der Waals surface area contributed by atoms with E-state index in [2.05, 4.69) is 10.3 Å². The summed E-state index contributed by atoms with van der Waals surface area (Å²) in [6.07, 6.45) is 1.82. The molecule has 2 aromatic rings. The summed E-state index contributed by atoms with van der Waals surface area (Å²) in [5, 5.41) is 4.16. The number of carbonyl (C=O) groups is 1. The van der Waals surface area contributed by atoms with Gasteiger partial charge in [-0.3, -0.25) is 14.2 Å². The van der Waals surface area contributed by atoms with Gasteiger partial charge in [0.15, 0.2) is 5.16 Å². The van der Waals surface area contributed by atoms with Gasteiger partial charge in [-0.05, 0) is 31.5 Å². The zero-order chi connectivity index (χ0) is 16.6. The first kappa shape index (κ1) is 16.1. The Morgan fingerprint density at radius 3 is 3.04 bits per heavy atom. The summed E-state index contributed by atoms with van der Waals surface area (Å²) >= 11 is 7.57. The van der Waals surface area contributed by atoms with Crippen molar-refractivity contribution < 1.29 is 4.79 Å². The number of amides is 1. The van der Waals surface area contributed by atoms with Gasteiger partial charge in [-0.1, -0.05) is 29.4 Å². The van der Waals surface area contributed by atoms with E-state index in [1.807, 2.05) is 13.0 Å². The fraction of sp³-hybridized carbons (Fsp3) is 0.312. The minimum atomic E-state index is -0.172. The highest BCUT2D eigenvalue weighted by molar-refractivity contribution is 7.99. The molecule has 0 radical (unpaired) electrons. The molecule has 1 aliphatic rings. The third-order valence-electron chi connectivity index (χ3n) is 3.86. The molecule has 23 heavy (non-hydrogen) atoms. The van der Waals surface area contributed by atoms with Gasteiger partial charge in [0.25, 0.3) is 5.56 Å². The summed E-state index contributed by atoms with van der Waals surface area (Å²) in [7, 11) is 0. The van der Waals surface area contributed by atoms with Crippen molar-refractivity contribution in [1.29, 1.82) is 0 Å². The fourth-order valence-corrected chi connectivity index (χ4v) is 3.81. The number of hydrogen-bond donors (Lipinski definition) is 1. The molecule has 3 rings (SSSR count). The largest absolute Gasteiger partial charge is 0.326 e. The first-order chi connectivity index (χ1) is 11.0. The Morgan fingerprint density at radius 1 is 1.48 bits per heavy atom. The predicted octanol–water partition coefficient (Wildman–Crippen LogP) is 3.19. The van der Waals surface area contributed by atoms with Crippen LogP contribution in [0, 0.1) is 13.8 Å². The molecule has 0 bridgehead atoms. The number of anilines is 1. The van der Waals surface area contributed by atoms with Crippen molar-refractivity contribution >= 4 is 35.0 Å². The van der Waals surface area contributed by atoms with Gasteiger partial charge < -0.3 is 5.32 Å². The number of rotatable bonds is 3. The van der Waals surface area contributed by atoms with Crippen LogP contribution in [-0.4, -0.2) is 21.2 Å². The number of carbonyl (C=O) groups excluding carboxylic acids is 1. The number of fused-ring (bicyclic) bond motifs is 1. The first-order valence-electron chi connectivity index (χ1n) is 7.23. The molecule has 0 saturated carbocycles. The molecule has 0 fully saturated rings. The van der Waals surface area contributed by atoms with Gasteiger partial charge >= 0.3 is 0 Å². The number of benzene rings is 1. The van der Waals surface area contributed by atoms with Crippen molar-refractivity contribution in [3.05, 3.63) is 50.9 Å². The maximum atomic E-state index is 12.3. The van der Waals surface area contributed by atoms with Crippen molar-refractivity contribution in [2.75, 3.05) is 11.1 Å². The van der Waals surface area contributed by atoms with Crippen LogP contribution in [0.15, 0.2) is 34.3 Å². The van der Waals surface area contributed by atoms with Crippen LogP contribution in [0.1, 0.15) is 23.6 Å². The lowest BCUT2D eigenvalue weighted by atomic mass is 10.1. The maximum absolute atomic E-state index is 12.3. The third kappa shape index (κ3) is 3.14. The minimum Gasteiger partial charge on any atom is -0.326 e. The van der Waals surface area contributed by atoms with E-state index >= 15 is 0 Å². The van der Waals surface area contributed by atoms with Gasteiger partial charge in [0, 0.05) is 34.6 Å². The second-order valence-corrected chi connectivity index (χ2v) is 6.92. The lowest BCUT2D eigenvalue weighted by Gasteiger charge is -2.14.